The monoisotopic (exact) mass is 478 g/mol. The fourth-order valence-electron chi connectivity index (χ4n) is 5.54. The molecule has 0 aromatic heterocycles. The number of nitrogens with two attached hydrogens (primary N) is 1. The molecule has 0 spiro atoms. The Bertz CT molecular complexity index is 1160. The molecule has 5 N–H and O–H groups in total. The molecule has 1 saturated carbocycles. The molecule has 1 aromatic rings. The Morgan fingerprint density at radius 3 is 2.45 bits per heavy atom. The number of hydrogen-bond acceptors (Lipinski definition) is 9. The van der Waals surface area contributed by atoms with Crippen molar-refractivity contribution in [3.63, 3.8) is 0 Å². The quantitative estimate of drug-likeness (QED) is 0.358. The lowest BCUT2D eigenvalue weighted by molar-refractivity contribution is -0.166. The number of aliphatic hydroxyl groups excluding tert-OH is 1. The molecule has 0 radical (unpaired) electrons. The molecule has 176 valence electrons. The molecular formula is C22H23ClN2O8. The number of nitrogens with zero attached hydrogens (tertiary/aromatic N) is 1. The van der Waals surface area contributed by atoms with Gasteiger partial charge in [-0.15, -0.1) is 0 Å². The van der Waals surface area contributed by atoms with Crippen LogP contribution in [0, 0.1) is 11.8 Å². The maximum atomic E-state index is 13.3. The normalized spacial score (nSPS) is 33.8. The van der Waals surface area contributed by atoms with E-state index >= 15 is 0 Å². The zero-order chi connectivity index (χ0) is 24.6. The number of hydrogen-bond donors (Lipinski definition) is 4. The average Bonchev–Trinajstić information content (AvgIpc) is 2.99. The van der Waals surface area contributed by atoms with Gasteiger partial charge < -0.3 is 25.8 Å². The predicted octanol–water partition coefficient (Wildman–Crippen LogP) is 0.568. The molecular weight excluding hydrogens is 456 g/mol. The molecule has 33 heavy (non-hydrogen) atoms. The van der Waals surface area contributed by atoms with E-state index in [-0.39, 0.29) is 34.7 Å². The first-order valence-electron chi connectivity index (χ1n) is 10.2. The summed E-state index contributed by atoms with van der Waals surface area (Å²) in [6.45, 7) is 1.55. The van der Waals surface area contributed by atoms with Crippen molar-refractivity contribution < 1.29 is 39.2 Å². The fraction of sp³-hybridized carbons (Fsp3) is 0.455. The summed E-state index contributed by atoms with van der Waals surface area (Å²) in [5.41, 5.74) is 0.581. The number of fused-ring (bicyclic) bond motifs is 2. The highest BCUT2D eigenvalue weighted by Crippen LogP contribution is 2.55. The highest BCUT2D eigenvalue weighted by atomic mass is 35.5. The van der Waals surface area contributed by atoms with Crippen LogP contribution in [0.15, 0.2) is 23.5 Å². The van der Waals surface area contributed by atoms with E-state index in [2.05, 4.69) is 0 Å². The van der Waals surface area contributed by atoms with E-state index in [9.17, 15) is 34.5 Å². The first-order chi connectivity index (χ1) is 15.3. The van der Waals surface area contributed by atoms with Gasteiger partial charge in [-0.3, -0.25) is 19.3 Å². The summed E-state index contributed by atoms with van der Waals surface area (Å²) < 4.78 is 5.63. The molecule has 5 atom stereocenters. The van der Waals surface area contributed by atoms with Crippen molar-refractivity contribution in [3.8, 4) is 5.75 Å². The van der Waals surface area contributed by atoms with Gasteiger partial charge in [-0.2, -0.15) is 0 Å². The minimum absolute atomic E-state index is 0.0534. The Morgan fingerprint density at radius 1 is 1.24 bits per heavy atom. The van der Waals surface area contributed by atoms with Crippen LogP contribution in [-0.4, -0.2) is 69.4 Å². The average molecular weight is 479 g/mol. The Labute approximate surface area is 193 Å². The van der Waals surface area contributed by atoms with E-state index in [1.807, 2.05) is 0 Å². The van der Waals surface area contributed by atoms with E-state index in [1.165, 1.54) is 31.1 Å². The van der Waals surface area contributed by atoms with Crippen molar-refractivity contribution in [1.29, 1.82) is 0 Å². The molecule has 0 unspecified atom stereocenters. The summed E-state index contributed by atoms with van der Waals surface area (Å²) >= 11 is 6.35. The maximum Gasteiger partial charge on any atom is 0.343 e. The van der Waals surface area contributed by atoms with E-state index in [0.717, 1.165) is 0 Å². The second kappa shape index (κ2) is 7.28. The van der Waals surface area contributed by atoms with Gasteiger partial charge in [0.25, 0.3) is 5.91 Å². The predicted molar refractivity (Wildman–Crippen MR) is 113 cm³/mol. The largest absolute Gasteiger partial charge is 0.508 e. The van der Waals surface area contributed by atoms with Crippen molar-refractivity contribution in [2.24, 2.45) is 17.6 Å². The second-order valence-electron chi connectivity index (χ2n) is 9.11. The lowest BCUT2D eigenvalue weighted by Crippen LogP contribution is -2.65. The molecule has 3 aliphatic rings. The van der Waals surface area contributed by atoms with E-state index in [4.69, 9.17) is 22.1 Å². The molecule has 0 bridgehead atoms. The molecule has 1 aliphatic heterocycles. The number of ether oxygens (including phenoxy) is 1. The van der Waals surface area contributed by atoms with Gasteiger partial charge in [-0.1, -0.05) is 11.6 Å². The number of halogens is 1. The Kier molecular flexibility index (Phi) is 5.12. The summed E-state index contributed by atoms with van der Waals surface area (Å²) in [6, 6.07) is 1.49. The number of primary amides is 1. The lowest BCUT2D eigenvalue weighted by Gasteiger charge is -2.50. The number of phenolic OH excluding ortho intramolecular Hbond substituents is 1. The van der Waals surface area contributed by atoms with Gasteiger partial charge in [-0.25, -0.2) is 4.79 Å². The van der Waals surface area contributed by atoms with Crippen LogP contribution in [0.4, 0.5) is 0 Å². The van der Waals surface area contributed by atoms with Crippen LogP contribution in [0.2, 0.25) is 5.02 Å². The lowest BCUT2D eigenvalue weighted by atomic mass is 9.58. The van der Waals surface area contributed by atoms with Gasteiger partial charge in [0.05, 0.1) is 6.04 Å². The number of Topliss-reactive ketones (excluding diaryl/α,β-unsaturated/α-hetero) is 2. The van der Waals surface area contributed by atoms with Crippen LogP contribution in [-0.2, 0) is 24.7 Å². The third-order valence-corrected chi connectivity index (χ3v) is 7.46. The number of benzene rings is 1. The molecule has 1 aromatic carbocycles. The third-order valence-electron chi connectivity index (χ3n) is 7.15. The Balaban J connectivity index is 1.87. The first kappa shape index (κ1) is 23.2. The van der Waals surface area contributed by atoms with Gasteiger partial charge in [0.15, 0.2) is 17.2 Å². The van der Waals surface area contributed by atoms with E-state index < -0.39 is 63.9 Å². The topological polar surface area (TPSA) is 167 Å². The number of carbonyl (C=O) groups is 4. The highest BCUT2D eigenvalue weighted by Gasteiger charge is 2.64. The number of cyclic esters (lactones) is 1. The summed E-state index contributed by atoms with van der Waals surface area (Å²) in [5, 5.41) is 32.4. The molecule has 11 heteroatoms. The minimum Gasteiger partial charge on any atom is -0.508 e. The molecule has 1 amide bonds. The van der Waals surface area contributed by atoms with Gasteiger partial charge in [-0.05, 0) is 39.6 Å². The molecule has 10 nitrogen and oxygen atoms in total. The maximum absolute atomic E-state index is 13.3. The Hall–Kier alpha value is -2.95. The number of esters is 1. The van der Waals surface area contributed by atoms with Gasteiger partial charge in [0.2, 0.25) is 0 Å². The van der Waals surface area contributed by atoms with Crippen LogP contribution in [0.5, 0.6) is 5.75 Å². The molecule has 1 fully saturated rings. The fourth-order valence-corrected chi connectivity index (χ4v) is 5.89. The van der Waals surface area contributed by atoms with Gasteiger partial charge >= 0.3 is 5.97 Å². The number of phenols is 1. The number of amides is 1. The van der Waals surface area contributed by atoms with Crippen molar-refractivity contribution in [1.82, 2.24) is 4.90 Å². The third kappa shape index (κ3) is 2.94. The van der Waals surface area contributed by atoms with Gasteiger partial charge in [0.1, 0.15) is 28.2 Å². The molecule has 1 heterocycles. The van der Waals surface area contributed by atoms with Crippen LogP contribution >= 0.6 is 11.6 Å². The Morgan fingerprint density at radius 2 is 1.88 bits per heavy atom. The summed E-state index contributed by atoms with van der Waals surface area (Å²) in [5.74, 6) is -7.08. The van der Waals surface area contributed by atoms with Crippen LogP contribution in [0.3, 0.4) is 0 Å². The van der Waals surface area contributed by atoms with Crippen molar-refractivity contribution >= 4 is 35.0 Å². The standard InChI is InChI=1S/C22H23ClN2O8/c1-21(15-10(23)4-5-11(26)13(15)20(31)33-21)8-6-9-16(25(2)3)17(28)14(19(24)30)18(29)22(9,32)12(27)7-8/h4-5,8-9,16,26,29,32H,6-7H2,1-3H3,(H2,24,30)/t8-,9-,16-,21-,22-/m0/s1. The van der Waals surface area contributed by atoms with E-state index in [1.54, 1.807) is 6.92 Å². The number of aromatic hydroxyl groups is 1. The zero-order valence-electron chi connectivity index (χ0n) is 18.1. The summed E-state index contributed by atoms with van der Waals surface area (Å²) in [4.78, 5) is 52.3. The van der Waals surface area contributed by atoms with Gasteiger partial charge in [0, 0.05) is 28.8 Å². The van der Waals surface area contributed by atoms with Crippen LogP contribution in [0.25, 0.3) is 0 Å². The zero-order valence-corrected chi connectivity index (χ0v) is 18.8. The van der Waals surface area contributed by atoms with Crippen molar-refractivity contribution in [3.05, 3.63) is 39.6 Å². The van der Waals surface area contributed by atoms with Crippen LogP contribution < -0.4 is 5.73 Å². The van der Waals surface area contributed by atoms with E-state index in [0.29, 0.717) is 0 Å². The molecule has 0 saturated heterocycles. The van der Waals surface area contributed by atoms with Crippen LogP contribution in [0.1, 0.15) is 35.7 Å². The number of rotatable bonds is 3. The molecule has 2 aliphatic carbocycles. The summed E-state index contributed by atoms with van der Waals surface area (Å²) in [7, 11) is 3.05. The molecule has 4 rings (SSSR count). The SMILES string of the molecule is CN(C)[C@@H]1C(=O)C(C(N)=O)=C(O)[C@@]2(O)C(=O)C[C@@H]([C@]3(C)OC(=O)c4c(O)ccc(Cl)c43)C[C@@H]12. The second-order valence-corrected chi connectivity index (χ2v) is 9.51. The van der Waals surface area contributed by atoms with Crippen molar-refractivity contribution in [2.45, 2.75) is 37.0 Å². The first-order valence-corrected chi connectivity index (χ1v) is 10.6. The highest BCUT2D eigenvalue weighted by molar-refractivity contribution is 6.32. The minimum atomic E-state index is -2.52. The van der Waals surface area contributed by atoms with Crippen molar-refractivity contribution in [2.75, 3.05) is 14.1 Å². The number of ketones is 2. The number of carbonyl (C=O) groups excluding carboxylic acids is 4. The number of likely N-dealkylation sites (N-methyl/N-ethyl adjacent to an activating group) is 1. The number of aliphatic hydroxyl groups is 2. The smallest absolute Gasteiger partial charge is 0.343 e. The summed E-state index contributed by atoms with van der Waals surface area (Å²) in [6.07, 6.45) is -0.422.